The molecule has 0 radical (unpaired) electrons. The first-order valence-corrected chi connectivity index (χ1v) is 7.34. The number of carbonyl (C=O) groups is 2. The van der Waals surface area contributed by atoms with E-state index < -0.39 is 5.60 Å². The van der Waals surface area contributed by atoms with E-state index in [-0.39, 0.29) is 30.1 Å². The molecule has 6 heteroatoms. The lowest BCUT2D eigenvalue weighted by Crippen LogP contribution is -2.54. The zero-order valence-corrected chi connectivity index (χ0v) is 13.8. The minimum absolute atomic E-state index is 0.140. The van der Waals surface area contributed by atoms with Crippen molar-refractivity contribution in [2.45, 2.75) is 58.8 Å². The number of hydrogen-bond acceptors (Lipinski definition) is 5. The number of nitrogens with zero attached hydrogens (tertiary/aromatic N) is 1. The summed E-state index contributed by atoms with van der Waals surface area (Å²) in [6.45, 7) is 10.1. The van der Waals surface area contributed by atoms with Crippen molar-refractivity contribution in [3.05, 3.63) is 0 Å². The molecule has 1 unspecified atom stereocenters. The molecule has 0 N–H and O–H groups in total. The van der Waals surface area contributed by atoms with Gasteiger partial charge in [-0.25, -0.2) is 4.79 Å². The molecule has 0 bridgehead atoms. The monoisotopic (exact) mass is 301 g/mol. The Kier molecular flexibility index (Phi) is 6.01. The van der Waals surface area contributed by atoms with Crippen LogP contribution < -0.4 is 0 Å². The second-order valence-electron chi connectivity index (χ2n) is 6.48. The number of carbonyl (C=O) groups excluding carboxylic acids is 2. The fourth-order valence-corrected chi connectivity index (χ4v) is 2.39. The van der Waals surface area contributed by atoms with Crippen molar-refractivity contribution in [2.24, 2.45) is 5.92 Å². The van der Waals surface area contributed by atoms with Gasteiger partial charge in [-0.05, 0) is 34.1 Å². The van der Waals surface area contributed by atoms with Gasteiger partial charge in [0.2, 0.25) is 0 Å². The Morgan fingerprint density at radius 1 is 1.38 bits per heavy atom. The zero-order chi connectivity index (χ0) is 16.2. The molecule has 0 spiro atoms. The molecule has 6 nitrogen and oxygen atoms in total. The molecule has 0 saturated carbocycles. The topological polar surface area (TPSA) is 65.1 Å². The Morgan fingerprint density at radius 2 is 2.00 bits per heavy atom. The normalized spacial score (nSPS) is 24.4. The smallest absolute Gasteiger partial charge is 0.410 e. The van der Waals surface area contributed by atoms with Gasteiger partial charge in [-0.2, -0.15) is 0 Å². The van der Waals surface area contributed by atoms with Gasteiger partial charge in [0.15, 0.2) is 0 Å². The van der Waals surface area contributed by atoms with Gasteiger partial charge >= 0.3 is 12.1 Å². The van der Waals surface area contributed by atoms with Gasteiger partial charge < -0.3 is 19.1 Å². The summed E-state index contributed by atoms with van der Waals surface area (Å²) in [5, 5.41) is 0. The molecular weight excluding hydrogens is 274 g/mol. The predicted octanol–water partition coefficient (Wildman–Crippen LogP) is 2.21. The lowest BCUT2D eigenvalue weighted by Gasteiger charge is -2.41. The van der Waals surface area contributed by atoms with Crippen LogP contribution in [0.15, 0.2) is 0 Å². The summed E-state index contributed by atoms with van der Waals surface area (Å²) in [5.41, 5.74) is -0.545. The standard InChI is InChI=1S/C15H27NO5/c1-10(13(17)19-6)9-12-11(2)20-8-7-16(12)14(18)21-15(3,4)5/h10-12H,7-9H2,1-6H3/t10?,11-,12-/m1/s1. The Hall–Kier alpha value is -1.30. The minimum atomic E-state index is -0.545. The molecular formula is C15H27NO5. The SMILES string of the molecule is COC(=O)C(C)C[C@@H]1[C@@H](C)OCCN1C(=O)OC(C)(C)C. The number of morpholine rings is 1. The van der Waals surface area contributed by atoms with E-state index in [1.807, 2.05) is 27.7 Å². The fourth-order valence-electron chi connectivity index (χ4n) is 2.39. The van der Waals surface area contributed by atoms with Gasteiger partial charge in [0.05, 0.1) is 31.8 Å². The highest BCUT2D eigenvalue weighted by Gasteiger charge is 2.37. The maximum Gasteiger partial charge on any atom is 0.410 e. The predicted molar refractivity (Wildman–Crippen MR) is 77.9 cm³/mol. The van der Waals surface area contributed by atoms with Crippen molar-refractivity contribution in [3.63, 3.8) is 0 Å². The van der Waals surface area contributed by atoms with Crippen LogP contribution in [0.5, 0.6) is 0 Å². The molecule has 1 aliphatic rings. The van der Waals surface area contributed by atoms with Gasteiger partial charge in [-0.3, -0.25) is 4.79 Å². The number of methoxy groups -OCH3 is 1. The van der Waals surface area contributed by atoms with E-state index in [4.69, 9.17) is 14.2 Å². The summed E-state index contributed by atoms with van der Waals surface area (Å²) in [7, 11) is 1.37. The van der Waals surface area contributed by atoms with Crippen LogP contribution in [0.1, 0.15) is 41.0 Å². The highest BCUT2D eigenvalue weighted by atomic mass is 16.6. The third-order valence-electron chi connectivity index (χ3n) is 3.48. The molecule has 0 aromatic heterocycles. The summed E-state index contributed by atoms with van der Waals surface area (Å²) < 4.78 is 15.8. The molecule has 0 aliphatic carbocycles. The van der Waals surface area contributed by atoms with E-state index in [9.17, 15) is 9.59 Å². The second-order valence-corrected chi connectivity index (χ2v) is 6.48. The van der Waals surface area contributed by atoms with Crippen molar-refractivity contribution in [1.82, 2.24) is 4.90 Å². The van der Waals surface area contributed by atoms with E-state index in [1.165, 1.54) is 7.11 Å². The quantitative estimate of drug-likeness (QED) is 0.748. The lowest BCUT2D eigenvalue weighted by molar-refractivity contribution is -0.146. The van der Waals surface area contributed by atoms with Crippen LogP contribution in [-0.4, -0.2) is 55.0 Å². The first-order chi connectivity index (χ1) is 9.65. The van der Waals surface area contributed by atoms with Crippen LogP contribution in [0.2, 0.25) is 0 Å². The number of amides is 1. The van der Waals surface area contributed by atoms with Gasteiger partial charge in [-0.15, -0.1) is 0 Å². The van der Waals surface area contributed by atoms with Crippen LogP contribution in [-0.2, 0) is 19.0 Å². The van der Waals surface area contributed by atoms with Gasteiger partial charge in [-0.1, -0.05) is 6.92 Å². The molecule has 0 aromatic rings. The molecule has 1 amide bonds. The third kappa shape index (κ3) is 5.19. The summed E-state index contributed by atoms with van der Waals surface area (Å²) in [6, 6.07) is -0.192. The molecule has 1 saturated heterocycles. The second kappa shape index (κ2) is 7.11. The lowest BCUT2D eigenvalue weighted by atomic mass is 9.96. The molecule has 1 fully saturated rings. The van der Waals surface area contributed by atoms with Crippen molar-refractivity contribution >= 4 is 12.1 Å². The Bertz CT molecular complexity index is 377. The summed E-state index contributed by atoms with van der Waals surface area (Å²) in [4.78, 5) is 25.6. The van der Waals surface area contributed by atoms with Gasteiger partial charge in [0.25, 0.3) is 0 Å². The first-order valence-electron chi connectivity index (χ1n) is 7.34. The van der Waals surface area contributed by atoms with Crippen molar-refractivity contribution < 1.29 is 23.8 Å². The van der Waals surface area contributed by atoms with Crippen molar-refractivity contribution in [3.8, 4) is 0 Å². The van der Waals surface area contributed by atoms with Crippen LogP contribution in [0.25, 0.3) is 0 Å². The molecule has 3 atom stereocenters. The van der Waals surface area contributed by atoms with Crippen LogP contribution in [0.4, 0.5) is 4.79 Å². The van der Waals surface area contributed by atoms with Crippen LogP contribution >= 0.6 is 0 Å². The van der Waals surface area contributed by atoms with E-state index in [0.717, 1.165) is 0 Å². The summed E-state index contributed by atoms with van der Waals surface area (Å²) in [5.74, 6) is -0.578. The van der Waals surface area contributed by atoms with Crippen molar-refractivity contribution in [2.75, 3.05) is 20.3 Å². The molecule has 1 rings (SSSR count). The largest absolute Gasteiger partial charge is 0.469 e. The molecule has 122 valence electrons. The summed E-state index contributed by atoms with van der Waals surface area (Å²) in [6.07, 6.45) is -0.00863. The number of hydrogen-bond donors (Lipinski definition) is 0. The van der Waals surface area contributed by atoms with Crippen LogP contribution in [0.3, 0.4) is 0 Å². The molecule has 0 aromatic carbocycles. The Morgan fingerprint density at radius 3 is 2.52 bits per heavy atom. The average molecular weight is 301 g/mol. The Labute approximate surface area is 126 Å². The first kappa shape index (κ1) is 17.8. The highest BCUT2D eigenvalue weighted by Crippen LogP contribution is 2.24. The number of rotatable bonds is 3. The zero-order valence-electron chi connectivity index (χ0n) is 13.8. The fraction of sp³-hybridized carbons (Fsp3) is 0.867. The summed E-state index contributed by atoms with van der Waals surface area (Å²) >= 11 is 0. The Balaban J connectivity index is 2.79. The number of esters is 1. The number of ether oxygens (including phenoxy) is 3. The van der Waals surface area contributed by atoms with E-state index >= 15 is 0 Å². The third-order valence-corrected chi connectivity index (χ3v) is 3.48. The van der Waals surface area contributed by atoms with E-state index in [0.29, 0.717) is 19.6 Å². The molecule has 1 heterocycles. The molecule has 21 heavy (non-hydrogen) atoms. The van der Waals surface area contributed by atoms with Gasteiger partial charge in [0.1, 0.15) is 5.60 Å². The minimum Gasteiger partial charge on any atom is -0.469 e. The maximum absolute atomic E-state index is 12.3. The van der Waals surface area contributed by atoms with E-state index in [2.05, 4.69) is 0 Å². The van der Waals surface area contributed by atoms with Crippen LogP contribution in [0, 0.1) is 5.92 Å². The maximum atomic E-state index is 12.3. The highest BCUT2D eigenvalue weighted by molar-refractivity contribution is 5.72. The van der Waals surface area contributed by atoms with Gasteiger partial charge in [0, 0.05) is 6.54 Å². The molecule has 1 aliphatic heterocycles. The van der Waals surface area contributed by atoms with E-state index in [1.54, 1.807) is 11.8 Å². The average Bonchev–Trinajstić information content (AvgIpc) is 2.37. The van der Waals surface area contributed by atoms with Crippen molar-refractivity contribution in [1.29, 1.82) is 0 Å².